The predicted molar refractivity (Wildman–Crippen MR) is 68.5 cm³/mol. The first kappa shape index (κ1) is 14.2. The molecule has 0 aliphatic rings. The van der Waals surface area contributed by atoms with Crippen LogP contribution in [0.1, 0.15) is 27.2 Å². The summed E-state index contributed by atoms with van der Waals surface area (Å²) in [4.78, 5) is 15.5. The third-order valence-corrected chi connectivity index (χ3v) is 2.86. The second kappa shape index (κ2) is 5.45. The fourth-order valence-electron chi connectivity index (χ4n) is 1.71. The molecule has 2 rings (SSSR count). The average molecular weight is 279 g/mol. The van der Waals surface area contributed by atoms with Gasteiger partial charge >= 0.3 is 6.18 Å². The van der Waals surface area contributed by atoms with E-state index in [0.717, 1.165) is 23.3 Å². The fraction of sp³-hybridized carbons (Fsp3) is 0.200. The lowest BCUT2D eigenvalue weighted by Gasteiger charge is -2.06. The normalized spacial score (nSPS) is 11.4. The van der Waals surface area contributed by atoms with Gasteiger partial charge in [-0.3, -0.25) is 9.78 Å². The number of hydrogen-bond acceptors (Lipinski definition) is 2. The number of aryl methyl sites for hydroxylation is 1. The Morgan fingerprint density at radius 3 is 2.25 bits per heavy atom. The first-order chi connectivity index (χ1) is 9.36. The number of halogens is 3. The minimum atomic E-state index is -4.44. The van der Waals surface area contributed by atoms with Gasteiger partial charge in [0.2, 0.25) is 0 Å². The van der Waals surface area contributed by atoms with Crippen molar-refractivity contribution in [3.8, 4) is 0 Å². The van der Waals surface area contributed by atoms with Crippen molar-refractivity contribution >= 4 is 5.78 Å². The molecule has 2 aromatic rings. The first-order valence-electron chi connectivity index (χ1n) is 5.98. The van der Waals surface area contributed by atoms with E-state index in [1.807, 2.05) is 31.2 Å². The molecular weight excluding hydrogens is 267 g/mol. The summed E-state index contributed by atoms with van der Waals surface area (Å²) in [7, 11) is 0. The predicted octanol–water partition coefficient (Wildman–Crippen LogP) is 3.83. The van der Waals surface area contributed by atoms with Crippen LogP contribution in [0.4, 0.5) is 13.2 Å². The van der Waals surface area contributed by atoms with Gasteiger partial charge in [-0.1, -0.05) is 29.8 Å². The van der Waals surface area contributed by atoms with Gasteiger partial charge in [0.25, 0.3) is 0 Å². The molecule has 104 valence electrons. The van der Waals surface area contributed by atoms with Crippen LogP contribution in [0.2, 0.25) is 0 Å². The molecule has 1 heterocycles. The van der Waals surface area contributed by atoms with Crippen molar-refractivity contribution in [2.75, 3.05) is 0 Å². The van der Waals surface area contributed by atoms with E-state index < -0.39 is 11.7 Å². The van der Waals surface area contributed by atoms with Crippen molar-refractivity contribution in [1.82, 2.24) is 4.98 Å². The largest absolute Gasteiger partial charge is 0.417 e. The van der Waals surface area contributed by atoms with E-state index in [1.165, 1.54) is 0 Å². The standard InChI is InChI=1S/C15H12F3NO/c1-10-2-4-11(5-3-10)8-14(20)13-7-6-12(9-19-13)15(16,17)18/h2-7,9H,8H2,1H3. The van der Waals surface area contributed by atoms with Crippen LogP contribution >= 0.6 is 0 Å². The van der Waals surface area contributed by atoms with Crippen LogP contribution in [-0.4, -0.2) is 10.8 Å². The Morgan fingerprint density at radius 1 is 1.10 bits per heavy atom. The number of nitrogens with zero attached hydrogens (tertiary/aromatic N) is 1. The van der Waals surface area contributed by atoms with Crippen LogP contribution in [0.3, 0.4) is 0 Å². The molecule has 0 fully saturated rings. The molecule has 0 atom stereocenters. The van der Waals surface area contributed by atoms with Gasteiger partial charge in [-0.05, 0) is 24.6 Å². The maximum Gasteiger partial charge on any atom is 0.417 e. The highest BCUT2D eigenvalue weighted by molar-refractivity contribution is 5.95. The van der Waals surface area contributed by atoms with Gasteiger partial charge in [0.15, 0.2) is 5.78 Å². The van der Waals surface area contributed by atoms with E-state index >= 15 is 0 Å². The zero-order valence-electron chi connectivity index (χ0n) is 10.7. The fourth-order valence-corrected chi connectivity index (χ4v) is 1.71. The molecule has 0 aliphatic heterocycles. The van der Waals surface area contributed by atoms with Crippen molar-refractivity contribution in [3.05, 3.63) is 65.0 Å². The van der Waals surface area contributed by atoms with Crippen LogP contribution in [0, 0.1) is 6.92 Å². The number of alkyl halides is 3. The van der Waals surface area contributed by atoms with E-state index in [1.54, 1.807) is 0 Å². The molecule has 1 aromatic carbocycles. The SMILES string of the molecule is Cc1ccc(CC(=O)c2ccc(C(F)(F)F)cn2)cc1. The molecule has 20 heavy (non-hydrogen) atoms. The number of carbonyl (C=O) groups excluding carboxylic acids is 1. The summed E-state index contributed by atoms with van der Waals surface area (Å²) in [6.07, 6.45) is -3.63. The highest BCUT2D eigenvalue weighted by Crippen LogP contribution is 2.28. The molecular formula is C15H12F3NO. The molecule has 0 amide bonds. The van der Waals surface area contributed by atoms with Crippen molar-refractivity contribution in [1.29, 1.82) is 0 Å². The number of rotatable bonds is 3. The number of benzene rings is 1. The third-order valence-electron chi connectivity index (χ3n) is 2.86. The lowest BCUT2D eigenvalue weighted by atomic mass is 10.0. The molecule has 0 unspecified atom stereocenters. The van der Waals surface area contributed by atoms with Gasteiger partial charge in [0, 0.05) is 12.6 Å². The lowest BCUT2D eigenvalue weighted by molar-refractivity contribution is -0.137. The minimum absolute atomic E-state index is 0.0403. The van der Waals surface area contributed by atoms with Gasteiger partial charge in [0.1, 0.15) is 5.69 Å². The molecule has 0 saturated heterocycles. The molecule has 0 spiro atoms. The zero-order chi connectivity index (χ0) is 14.8. The van der Waals surface area contributed by atoms with Crippen LogP contribution in [-0.2, 0) is 12.6 Å². The quantitative estimate of drug-likeness (QED) is 0.799. The maximum atomic E-state index is 12.4. The lowest BCUT2D eigenvalue weighted by Crippen LogP contribution is -2.09. The van der Waals surface area contributed by atoms with Gasteiger partial charge in [-0.15, -0.1) is 0 Å². The smallest absolute Gasteiger partial charge is 0.292 e. The number of aromatic nitrogens is 1. The molecule has 0 saturated carbocycles. The van der Waals surface area contributed by atoms with E-state index in [4.69, 9.17) is 0 Å². The Hall–Kier alpha value is -2.17. The molecule has 2 nitrogen and oxygen atoms in total. The molecule has 0 bridgehead atoms. The van der Waals surface area contributed by atoms with Crippen LogP contribution in [0.25, 0.3) is 0 Å². The molecule has 0 N–H and O–H groups in total. The van der Waals surface area contributed by atoms with Crippen molar-refractivity contribution < 1.29 is 18.0 Å². The number of hydrogen-bond donors (Lipinski definition) is 0. The van der Waals surface area contributed by atoms with Gasteiger partial charge in [0.05, 0.1) is 5.56 Å². The van der Waals surface area contributed by atoms with Crippen molar-refractivity contribution in [2.24, 2.45) is 0 Å². The first-order valence-corrected chi connectivity index (χ1v) is 5.98. The van der Waals surface area contributed by atoms with E-state index in [9.17, 15) is 18.0 Å². The summed E-state index contributed by atoms with van der Waals surface area (Å²) >= 11 is 0. The highest BCUT2D eigenvalue weighted by Gasteiger charge is 2.30. The van der Waals surface area contributed by atoms with Crippen molar-refractivity contribution in [3.63, 3.8) is 0 Å². The monoisotopic (exact) mass is 279 g/mol. The molecule has 5 heteroatoms. The number of carbonyl (C=O) groups is 1. The molecule has 0 radical (unpaired) electrons. The summed E-state index contributed by atoms with van der Waals surface area (Å²) in [5.41, 5.74) is 1.07. The Balaban J connectivity index is 2.11. The highest BCUT2D eigenvalue weighted by atomic mass is 19.4. The molecule has 0 aliphatic carbocycles. The van der Waals surface area contributed by atoms with Crippen molar-refractivity contribution in [2.45, 2.75) is 19.5 Å². The van der Waals surface area contributed by atoms with E-state index in [2.05, 4.69) is 4.98 Å². The average Bonchev–Trinajstić information content (AvgIpc) is 2.40. The van der Waals surface area contributed by atoms with Crippen LogP contribution in [0.5, 0.6) is 0 Å². The number of ketones is 1. The summed E-state index contributed by atoms with van der Waals surface area (Å²) in [6, 6.07) is 9.37. The van der Waals surface area contributed by atoms with Crippen LogP contribution in [0.15, 0.2) is 42.6 Å². The Labute approximate surface area is 114 Å². The summed E-state index contributed by atoms with van der Waals surface area (Å²) in [5.74, 6) is -0.303. The van der Waals surface area contributed by atoms with E-state index in [0.29, 0.717) is 6.20 Å². The summed E-state index contributed by atoms with van der Waals surface area (Å²) < 4.78 is 37.1. The Bertz CT molecular complexity index is 601. The zero-order valence-corrected chi connectivity index (χ0v) is 10.7. The number of Topliss-reactive ketones (excluding diaryl/α,β-unsaturated/α-hetero) is 1. The third kappa shape index (κ3) is 3.44. The second-order valence-electron chi connectivity index (χ2n) is 4.52. The Morgan fingerprint density at radius 2 is 1.75 bits per heavy atom. The summed E-state index contributed by atoms with van der Waals surface area (Å²) in [5, 5.41) is 0. The minimum Gasteiger partial charge on any atom is -0.292 e. The van der Waals surface area contributed by atoms with Gasteiger partial charge < -0.3 is 0 Å². The van der Waals surface area contributed by atoms with Gasteiger partial charge in [-0.25, -0.2) is 0 Å². The topological polar surface area (TPSA) is 30.0 Å². The number of pyridine rings is 1. The maximum absolute atomic E-state index is 12.4. The van der Waals surface area contributed by atoms with Gasteiger partial charge in [-0.2, -0.15) is 13.2 Å². The summed E-state index contributed by atoms with van der Waals surface area (Å²) in [6.45, 7) is 1.93. The molecule has 1 aromatic heterocycles. The second-order valence-corrected chi connectivity index (χ2v) is 4.52. The van der Waals surface area contributed by atoms with Crippen LogP contribution < -0.4 is 0 Å². The van der Waals surface area contributed by atoms with E-state index in [-0.39, 0.29) is 17.9 Å². The Kier molecular flexibility index (Phi) is 3.88.